The largest absolute Gasteiger partial charge is 0.387 e. The standard InChI is InChI=1S/C18H26N4O2/c1-20(9-5-8-19)18(24)15-22-12-10-21(11-13-22)14-17(23)16-6-3-2-4-7-16/h2-4,6-7,17,23H,5,9-15H2,1H3. The second kappa shape index (κ2) is 9.38. The number of hydrogen-bond donors (Lipinski definition) is 1. The highest BCUT2D eigenvalue weighted by molar-refractivity contribution is 5.78. The Morgan fingerprint density at radius 1 is 1.25 bits per heavy atom. The van der Waals surface area contributed by atoms with Gasteiger partial charge in [-0.3, -0.25) is 14.6 Å². The zero-order valence-electron chi connectivity index (χ0n) is 14.3. The van der Waals surface area contributed by atoms with Crippen molar-refractivity contribution < 1.29 is 9.90 Å². The third kappa shape index (κ3) is 5.60. The molecule has 2 rings (SSSR count). The zero-order chi connectivity index (χ0) is 17.4. The highest BCUT2D eigenvalue weighted by Crippen LogP contribution is 2.14. The average Bonchev–Trinajstić information content (AvgIpc) is 2.62. The Kier molecular flexibility index (Phi) is 7.19. The molecule has 1 amide bonds. The first-order valence-corrected chi connectivity index (χ1v) is 8.39. The number of likely N-dealkylation sites (N-methyl/N-ethyl adjacent to an activating group) is 1. The molecule has 130 valence electrons. The highest BCUT2D eigenvalue weighted by Gasteiger charge is 2.22. The summed E-state index contributed by atoms with van der Waals surface area (Å²) in [5.74, 6) is 0.0584. The van der Waals surface area contributed by atoms with E-state index in [0.29, 0.717) is 26.1 Å². The summed E-state index contributed by atoms with van der Waals surface area (Å²) in [5.41, 5.74) is 0.939. The van der Waals surface area contributed by atoms with Crippen LogP contribution in [0.15, 0.2) is 30.3 Å². The predicted molar refractivity (Wildman–Crippen MR) is 92.1 cm³/mol. The van der Waals surface area contributed by atoms with Gasteiger partial charge in [-0.15, -0.1) is 0 Å². The number of aliphatic hydroxyl groups is 1. The lowest BCUT2D eigenvalue weighted by Gasteiger charge is -2.35. The van der Waals surface area contributed by atoms with Crippen molar-refractivity contribution in [1.29, 1.82) is 5.26 Å². The smallest absolute Gasteiger partial charge is 0.236 e. The Morgan fingerprint density at radius 3 is 2.50 bits per heavy atom. The van der Waals surface area contributed by atoms with Gasteiger partial charge in [0.1, 0.15) is 0 Å². The van der Waals surface area contributed by atoms with Crippen LogP contribution in [0.25, 0.3) is 0 Å². The van der Waals surface area contributed by atoms with Gasteiger partial charge in [-0.2, -0.15) is 5.26 Å². The molecular formula is C18H26N4O2. The van der Waals surface area contributed by atoms with E-state index in [1.165, 1.54) is 0 Å². The Bertz CT molecular complexity index is 550. The third-order valence-electron chi connectivity index (χ3n) is 4.42. The molecule has 1 N–H and O–H groups in total. The molecule has 1 aliphatic rings. The first-order chi connectivity index (χ1) is 11.6. The molecule has 1 heterocycles. The second-order valence-corrected chi connectivity index (χ2v) is 6.23. The molecular weight excluding hydrogens is 304 g/mol. The molecule has 1 fully saturated rings. The van der Waals surface area contributed by atoms with Crippen molar-refractivity contribution >= 4 is 5.91 Å². The van der Waals surface area contributed by atoms with Crippen molar-refractivity contribution in [1.82, 2.24) is 14.7 Å². The first-order valence-electron chi connectivity index (χ1n) is 8.39. The summed E-state index contributed by atoms with van der Waals surface area (Å²) in [6, 6.07) is 11.8. The molecule has 6 heteroatoms. The number of piperazine rings is 1. The SMILES string of the molecule is CN(CCC#N)C(=O)CN1CCN(CC(O)c2ccccc2)CC1. The number of carbonyl (C=O) groups excluding carboxylic acids is 1. The number of aliphatic hydroxyl groups excluding tert-OH is 1. The number of amides is 1. The zero-order valence-corrected chi connectivity index (χ0v) is 14.3. The van der Waals surface area contributed by atoms with E-state index in [-0.39, 0.29) is 5.91 Å². The monoisotopic (exact) mass is 330 g/mol. The van der Waals surface area contributed by atoms with Crippen LogP contribution in [0, 0.1) is 11.3 Å². The first kappa shape index (κ1) is 18.4. The van der Waals surface area contributed by atoms with E-state index < -0.39 is 6.10 Å². The number of β-amino-alcohol motifs (C(OH)–C–C–N with tert-alkyl or cyclic N) is 1. The number of benzene rings is 1. The van der Waals surface area contributed by atoms with Gasteiger partial charge in [-0.05, 0) is 5.56 Å². The van der Waals surface area contributed by atoms with Crippen LogP contribution in [0.3, 0.4) is 0 Å². The molecule has 6 nitrogen and oxygen atoms in total. The fourth-order valence-electron chi connectivity index (χ4n) is 2.81. The molecule has 1 unspecified atom stereocenters. The summed E-state index contributed by atoms with van der Waals surface area (Å²) in [4.78, 5) is 18.1. The van der Waals surface area contributed by atoms with E-state index in [9.17, 15) is 9.90 Å². The molecule has 1 saturated heterocycles. The van der Waals surface area contributed by atoms with Crippen LogP contribution in [0.2, 0.25) is 0 Å². The van der Waals surface area contributed by atoms with Crippen molar-refractivity contribution in [2.75, 3.05) is 52.9 Å². The number of hydrogen-bond acceptors (Lipinski definition) is 5. The molecule has 0 bridgehead atoms. The van der Waals surface area contributed by atoms with Crippen LogP contribution in [0.4, 0.5) is 0 Å². The Morgan fingerprint density at radius 2 is 1.88 bits per heavy atom. The van der Waals surface area contributed by atoms with Crippen LogP contribution in [-0.2, 0) is 4.79 Å². The van der Waals surface area contributed by atoms with Gasteiger partial charge in [0.25, 0.3) is 0 Å². The predicted octanol–water partition coefficient (Wildman–Crippen LogP) is 0.710. The Hall–Kier alpha value is -1.94. The summed E-state index contributed by atoms with van der Waals surface area (Å²) in [5, 5.41) is 18.9. The van der Waals surface area contributed by atoms with Gasteiger partial charge in [0, 0.05) is 46.3 Å². The molecule has 0 aliphatic carbocycles. The second-order valence-electron chi connectivity index (χ2n) is 6.23. The van der Waals surface area contributed by atoms with Gasteiger partial charge in [0.2, 0.25) is 5.91 Å². The maximum atomic E-state index is 12.1. The number of rotatable bonds is 7. The lowest BCUT2D eigenvalue weighted by molar-refractivity contribution is -0.131. The van der Waals surface area contributed by atoms with Crippen molar-refractivity contribution in [2.45, 2.75) is 12.5 Å². The number of nitriles is 1. The molecule has 1 aromatic carbocycles. The molecule has 0 radical (unpaired) electrons. The van der Waals surface area contributed by atoms with Crippen molar-refractivity contribution in [2.24, 2.45) is 0 Å². The van der Waals surface area contributed by atoms with Crippen LogP contribution >= 0.6 is 0 Å². The fourth-order valence-corrected chi connectivity index (χ4v) is 2.81. The number of carbonyl (C=O) groups is 1. The maximum absolute atomic E-state index is 12.1. The van der Waals surface area contributed by atoms with Gasteiger partial charge in [-0.25, -0.2) is 0 Å². The van der Waals surface area contributed by atoms with E-state index >= 15 is 0 Å². The summed E-state index contributed by atoms with van der Waals surface area (Å²) < 4.78 is 0. The summed E-state index contributed by atoms with van der Waals surface area (Å²) in [6.45, 7) is 4.83. The van der Waals surface area contributed by atoms with Crippen molar-refractivity contribution in [3.05, 3.63) is 35.9 Å². The third-order valence-corrected chi connectivity index (χ3v) is 4.42. The van der Waals surface area contributed by atoms with Crippen LogP contribution in [0.1, 0.15) is 18.1 Å². The minimum absolute atomic E-state index is 0.0584. The molecule has 0 saturated carbocycles. The van der Waals surface area contributed by atoms with Gasteiger partial charge < -0.3 is 10.0 Å². The lowest BCUT2D eigenvalue weighted by atomic mass is 10.1. The molecule has 24 heavy (non-hydrogen) atoms. The Balaban J connectivity index is 1.71. The van der Waals surface area contributed by atoms with E-state index in [2.05, 4.69) is 15.9 Å². The molecule has 0 spiro atoms. The van der Waals surface area contributed by atoms with E-state index in [1.54, 1.807) is 11.9 Å². The van der Waals surface area contributed by atoms with Gasteiger partial charge in [0.05, 0.1) is 25.1 Å². The minimum atomic E-state index is -0.475. The van der Waals surface area contributed by atoms with Crippen molar-refractivity contribution in [3.63, 3.8) is 0 Å². The lowest BCUT2D eigenvalue weighted by Crippen LogP contribution is -2.50. The van der Waals surface area contributed by atoms with Gasteiger partial charge in [0.15, 0.2) is 0 Å². The topological polar surface area (TPSA) is 70.8 Å². The molecule has 0 aromatic heterocycles. The van der Waals surface area contributed by atoms with Crippen LogP contribution in [0.5, 0.6) is 0 Å². The maximum Gasteiger partial charge on any atom is 0.236 e. The summed E-state index contributed by atoms with van der Waals surface area (Å²) in [7, 11) is 1.74. The molecule has 1 aliphatic heterocycles. The molecule has 1 aromatic rings. The average molecular weight is 330 g/mol. The fraction of sp³-hybridized carbons (Fsp3) is 0.556. The van der Waals surface area contributed by atoms with Crippen LogP contribution in [-0.4, -0.2) is 78.6 Å². The molecule has 1 atom stereocenters. The summed E-state index contributed by atoms with van der Waals surface area (Å²) in [6.07, 6.45) is -0.107. The summed E-state index contributed by atoms with van der Waals surface area (Å²) >= 11 is 0. The quantitative estimate of drug-likeness (QED) is 0.797. The minimum Gasteiger partial charge on any atom is -0.387 e. The van der Waals surface area contributed by atoms with E-state index in [1.807, 2.05) is 30.3 Å². The highest BCUT2D eigenvalue weighted by atomic mass is 16.3. The van der Waals surface area contributed by atoms with Gasteiger partial charge >= 0.3 is 0 Å². The normalized spacial score (nSPS) is 17.2. The van der Waals surface area contributed by atoms with E-state index in [0.717, 1.165) is 31.7 Å². The van der Waals surface area contributed by atoms with Crippen molar-refractivity contribution in [3.8, 4) is 6.07 Å². The number of nitrogens with zero attached hydrogens (tertiary/aromatic N) is 4. The van der Waals surface area contributed by atoms with Gasteiger partial charge in [-0.1, -0.05) is 30.3 Å². The van der Waals surface area contributed by atoms with E-state index in [4.69, 9.17) is 5.26 Å². The Labute approximate surface area is 143 Å². The van der Waals surface area contributed by atoms with Crippen LogP contribution < -0.4 is 0 Å².